The number of rotatable bonds is 24. The molecule has 0 aromatic heterocycles. The molecule has 0 saturated carbocycles. The number of aryl methyl sites for hydroxylation is 2. The van der Waals surface area contributed by atoms with E-state index >= 15 is 0 Å². The quantitative estimate of drug-likeness (QED) is 0.128. The van der Waals surface area contributed by atoms with Gasteiger partial charge in [-0.15, -0.1) is 0 Å². The van der Waals surface area contributed by atoms with Crippen molar-refractivity contribution in [1.29, 1.82) is 0 Å². The minimum absolute atomic E-state index is 0.305. The standard InChI is InChI=1S/C38H62O2/c1-4-5-6-7-8-9-10-11-12-13-14-15-16-17-18-19-20-21-22-23-24-25-36(34-26-28-37(39)32(2)30-34)35-27-29-38(40)33(3)31-35/h26-31,36,39-40H,4-25H2,1-3H3. The maximum absolute atomic E-state index is 10.00. The molecule has 2 aromatic carbocycles. The van der Waals surface area contributed by atoms with Gasteiger partial charge in [-0.1, -0.05) is 166 Å². The fourth-order valence-corrected chi connectivity index (χ4v) is 6.10. The van der Waals surface area contributed by atoms with E-state index in [0.29, 0.717) is 17.4 Å². The summed E-state index contributed by atoms with van der Waals surface area (Å²) in [5.74, 6) is 1.02. The van der Waals surface area contributed by atoms with E-state index in [0.717, 1.165) is 17.5 Å². The summed E-state index contributed by atoms with van der Waals surface area (Å²) in [5, 5.41) is 20.0. The zero-order valence-corrected chi connectivity index (χ0v) is 26.5. The van der Waals surface area contributed by atoms with E-state index in [9.17, 15) is 10.2 Å². The van der Waals surface area contributed by atoms with Crippen molar-refractivity contribution in [3.63, 3.8) is 0 Å². The molecule has 0 aliphatic rings. The number of hydrogen-bond acceptors (Lipinski definition) is 2. The van der Waals surface area contributed by atoms with Gasteiger partial charge in [0.1, 0.15) is 11.5 Å². The molecular formula is C38H62O2. The summed E-state index contributed by atoms with van der Waals surface area (Å²) in [6.07, 6.45) is 30.7. The van der Waals surface area contributed by atoms with Crippen LogP contribution in [-0.4, -0.2) is 10.2 Å². The smallest absolute Gasteiger partial charge is 0.118 e. The van der Waals surface area contributed by atoms with Gasteiger partial charge in [0.2, 0.25) is 0 Å². The van der Waals surface area contributed by atoms with Gasteiger partial charge in [0.05, 0.1) is 0 Å². The summed E-state index contributed by atoms with van der Waals surface area (Å²) in [5.41, 5.74) is 4.37. The van der Waals surface area contributed by atoms with Gasteiger partial charge in [0.15, 0.2) is 0 Å². The highest BCUT2D eigenvalue weighted by molar-refractivity contribution is 5.43. The fourth-order valence-electron chi connectivity index (χ4n) is 6.10. The van der Waals surface area contributed by atoms with Crippen molar-refractivity contribution in [2.45, 2.75) is 168 Å². The molecule has 0 amide bonds. The molecular weight excluding hydrogens is 488 g/mol. The summed E-state index contributed by atoms with van der Waals surface area (Å²) < 4.78 is 0. The highest BCUT2D eigenvalue weighted by Crippen LogP contribution is 2.34. The highest BCUT2D eigenvalue weighted by Gasteiger charge is 2.16. The first-order valence-corrected chi connectivity index (χ1v) is 17.1. The zero-order chi connectivity index (χ0) is 28.8. The molecule has 0 unspecified atom stereocenters. The summed E-state index contributed by atoms with van der Waals surface area (Å²) in [4.78, 5) is 0. The molecule has 0 aliphatic carbocycles. The molecule has 2 aromatic rings. The third kappa shape index (κ3) is 14.6. The van der Waals surface area contributed by atoms with Gasteiger partial charge in [-0.2, -0.15) is 0 Å². The second-order valence-electron chi connectivity index (χ2n) is 12.5. The summed E-state index contributed by atoms with van der Waals surface area (Å²) in [6.45, 7) is 6.23. The lowest BCUT2D eigenvalue weighted by Gasteiger charge is -2.20. The van der Waals surface area contributed by atoms with Gasteiger partial charge in [0.25, 0.3) is 0 Å². The third-order valence-electron chi connectivity index (χ3n) is 8.84. The van der Waals surface area contributed by atoms with Crippen LogP contribution in [0.2, 0.25) is 0 Å². The second-order valence-corrected chi connectivity index (χ2v) is 12.5. The van der Waals surface area contributed by atoms with Gasteiger partial charge in [-0.05, 0) is 54.7 Å². The monoisotopic (exact) mass is 550 g/mol. The van der Waals surface area contributed by atoms with E-state index in [1.54, 1.807) is 0 Å². The minimum Gasteiger partial charge on any atom is -0.508 e. The van der Waals surface area contributed by atoms with Gasteiger partial charge in [-0.3, -0.25) is 0 Å². The Bertz CT molecular complexity index is 851. The molecule has 0 heterocycles. The number of benzene rings is 2. The first-order chi connectivity index (χ1) is 19.5. The topological polar surface area (TPSA) is 40.5 Å². The molecule has 0 aliphatic heterocycles. The summed E-state index contributed by atoms with van der Waals surface area (Å²) in [6, 6.07) is 12.0. The third-order valence-corrected chi connectivity index (χ3v) is 8.84. The fraction of sp³-hybridized carbons (Fsp3) is 0.684. The largest absolute Gasteiger partial charge is 0.508 e. The van der Waals surface area contributed by atoms with Crippen LogP contribution >= 0.6 is 0 Å². The summed E-state index contributed by atoms with van der Waals surface area (Å²) in [7, 11) is 0. The van der Waals surface area contributed by atoms with E-state index in [-0.39, 0.29) is 0 Å². The molecule has 0 saturated heterocycles. The Balaban J connectivity index is 1.48. The van der Waals surface area contributed by atoms with Crippen LogP contribution in [0.15, 0.2) is 36.4 Å². The van der Waals surface area contributed by atoms with Crippen molar-refractivity contribution in [3.05, 3.63) is 58.7 Å². The van der Waals surface area contributed by atoms with Crippen LogP contribution in [0.25, 0.3) is 0 Å². The number of hydrogen-bond donors (Lipinski definition) is 2. The Morgan fingerprint density at radius 2 is 0.750 bits per heavy atom. The van der Waals surface area contributed by atoms with Crippen molar-refractivity contribution in [1.82, 2.24) is 0 Å². The molecule has 2 N–H and O–H groups in total. The average molecular weight is 551 g/mol. The van der Waals surface area contributed by atoms with Crippen LogP contribution < -0.4 is 0 Å². The van der Waals surface area contributed by atoms with Crippen molar-refractivity contribution in [2.24, 2.45) is 0 Å². The number of unbranched alkanes of at least 4 members (excludes halogenated alkanes) is 20. The van der Waals surface area contributed by atoms with Gasteiger partial charge < -0.3 is 10.2 Å². The predicted molar refractivity (Wildman–Crippen MR) is 175 cm³/mol. The Hall–Kier alpha value is -1.96. The molecule has 2 rings (SSSR count). The maximum Gasteiger partial charge on any atom is 0.118 e. The van der Waals surface area contributed by atoms with Crippen molar-refractivity contribution < 1.29 is 10.2 Å². The number of aromatic hydroxyl groups is 2. The van der Waals surface area contributed by atoms with Crippen LogP contribution in [0.3, 0.4) is 0 Å². The van der Waals surface area contributed by atoms with Crippen LogP contribution in [0.5, 0.6) is 11.5 Å². The SMILES string of the molecule is CCCCCCCCCCCCCCCCCCCCCCCC(c1ccc(O)c(C)c1)c1ccc(O)c(C)c1. The predicted octanol–water partition coefficient (Wildman–Crippen LogP) is 12.4. The first-order valence-electron chi connectivity index (χ1n) is 17.1. The van der Waals surface area contributed by atoms with Gasteiger partial charge in [0, 0.05) is 5.92 Å². The zero-order valence-electron chi connectivity index (χ0n) is 26.5. The van der Waals surface area contributed by atoms with Crippen molar-refractivity contribution >= 4 is 0 Å². The van der Waals surface area contributed by atoms with E-state index in [1.165, 1.54) is 146 Å². The second kappa shape index (κ2) is 21.7. The molecule has 2 nitrogen and oxygen atoms in total. The first kappa shape index (κ1) is 34.2. The lowest BCUT2D eigenvalue weighted by Crippen LogP contribution is -2.02. The molecule has 0 spiro atoms. The van der Waals surface area contributed by atoms with E-state index in [4.69, 9.17) is 0 Å². The highest BCUT2D eigenvalue weighted by atomic mass is 16.3. The van der Waals surface area contributed by atoms with Crippen LogP contribution in [0.1, 0.15) is 176 Å². The molecule has 226 valence electrons. The normalized spacial score (nSPS) is 11.5. The number of phenols is 2. The summed E-state index contributed by atoms with van der Waals surface area (Å²) >= 11 is 0. The van der Waals surface area contributed by atoms with Gasteiger partial charge in [-0.25, -0.2) is 0 Å². The van der Waals surface area contributed by atoms with E-state index < -0.39 is 0 Å². The maximum atomic E-state index is 10.00. The van der Waals surface area contributed by atoms with Crippen LogP contribution in [-0.2, 0) is 0 Å². The Kier molecular flexibility index (Phi) is 18.6. The molecule has 40 heavy (non-hydrogen) atoms. The van der Waals surface area contributed by atoms with Crippen LogP contribution in [0.4, 0.5) is 0 Å². The number of phenolic OH excluding ortho intramolecular Hbond substituents is 2. The molecule has 0 bridgehead atoms. The Labute approximate surface area is 248 Å². The van der Waals surface area contributed by atoms with Crippen LogP contribution in [0, 0.1) is 13.8 Å². The van der Waals surface area contributed by atoms with E-state index in [1.807, 2.05) is 26.0 Å². The van der Waals surface area contributed by atoms with E-state index in [2.05, 4.69) is 31.2 Å². The lowest BCUT2D eigenvalue weighted by atomic mass is 9.85. The minimum atomic E-state index is 0.305. The lowest BCUT2D eigenvalue weighted by molar-refractivity contribution is 0.470. The molecule has 0 fully saturated rings. The van der Waals surface area contributed by atoms with Crippen molar-refractivity contribution in [3.8, 4) is 11.5 Å². The average Bonchev–Trinajstić information content (AvgIpc) is 2.95. The molecule has 2 heteroatoms. The molecule has 0 atom stereocenters. The Morgan fingerprint density at radius 1 is 0.450 bits per heavy atom. The van der Waals surface area contributed by atoms with Crippen molar-refractivity contribution in [2.75, 3.05) is 0 Å². The molecule has 0 radical (unpaired) electrons. The van der Waals surface area contributed by atoms with Gasteiger partial charge >= 0.3 is 0 Å². The Morgan fingerprint density at radius 3 is 1.05 bits per heavy atom.